The van der Waals surface area contributed by atoms with E-state index in [4.69, 9.17) is 9.47 Å². The maximum absolute atomic E-state index is 12.8. The zero-order valence-electron chi connectivity index (χ0n) is 14.3. The molecule has 1 saturated heterocycles. The van der Waals surface area contributed by atoms with Gasteiger partial charge in [0.25, 0.3) is 0 Å². The first-order chi connectivity index (χ1) is 11.4. The van der Waals surface area contributed by atoms with Gasteiger partial charge in [0.15, 0.2) is 0 Å². The zero-order valence-corrected chi connectivity index (χ0v) is 15.1. The summed E-state index contributed by atoms with van der Waals surface area (Å²) in [4.78, 5) is 14.1. The quantitative estimate of drug-likeness (QED) is 0.713. The first-order valence-electron chi connectivity index (χ1n) is 7.94. The van der Waals surface area contributed by atoms with Gasteiger partial charge in [-0.3, -0.25) is 0 Å². The van der Waals surface area contributed by atoms with E-state index in [2.05, 4.69) is 4.90 Å². The highest BCUT2D eigenvalue weighted by atomic mass is 32.2. The molecule has 0 N–H and O–H groups in total. The predicted octanol–water partition coefficient (Wildman–Crippen LogP) is 1.20. The van der Waals surface area contributed by atoms with Gasteiger partial charge < -0.3 is 14.4 Å². The van der Waals surface area contributed by atoms with E-state index in [1.54, 1.807) is 0 Å². The molecule has 1 aromatic rings. The molecular weight excluding hydrogens is 332 g/mol. The molecule has 0 radical (unpaired) electrons. The van der Waals surface area contributed by atoms with Crippen molar-refractivity contribution in [1.29, 1.82) is 0 Å². The van der Waals surface area contributed by atoms with Crippen LogP contribution < -0.4 is 4.74 Å². The highest BCUT2D eigenvalue weighted by Crippen LogP contribution is 2.26. The van der Waals surface area contributed by atoms with Gasteiger partial charge in [-0.1, -0.05) is 6.92 Å². The van der Waals surface area contributed by atoms with E-state index in [1.165, 1.54) is 29.6 Å². The topological polar surface area (TPSA) is 76.2 Å². The summed E-state index contributed by atoms with van der Waals surface area (Å²) in [6, 6.07) is 4.33. The van der Waals surface area contributed by atoms with E-state index in [9.17, 15) is 13.2 Å². The Morgan fingerprint density at radius 3 is 2.46 bits per heavy atom. The molecule has 0 saturated carbocycles. The van der Waals surface area contributed by atoms with Crippen molar-refractivity contribution >= 4 is 16.0 Å². The third kappa shape index (κ3) is 4.06. The largest absolute Gasteiger partial charge is 0.493 e. The molecule has 1 aromatic carbocycles. The van der Waals surface area contributed by atoms with Crippen molar-refractivity contribution in [3.05, 3.63) is 23.8 Å². The van der Waals surface area contributed by atoms with Crippen molar-refractivity contribution in [1.82, 2.24) is 9.21 Å². The van der Waals surface area contributed by atoms with Gasteiger partial charge in [0.2, 0.25) is 10.0 Å². The average molecular weight is 356 g/mol. The number of piperazine rings is 1. The summed E-state index contributed by atoms with van der Waals surface area (Å²) in [6.45, 7) is 4.61. The first-order valence-corrected chi connectivity index (χ1v) is 9.38. The van der Waals surface area contributed by atoms with E-state index < -0.39 is 16.0 Å². The number of hydrogen-bond donors (Lipinski definition) is 0. The Morgan fingerprint density at radius 1 is 1.21 bits per heavy atom. The molecule has 0 amide bonds. The summed E-state index contributed by atoms with van der Waals surface area (Å²) in [5, 5.41) is 0. The van der Waals surface area contributed by atoms with E-state index >= 15 is 0 Å². The Bertz CT molecular complexity index is 682. The molecule has 0 spiro atoms. The van der Waals surface area contributed by atoms with Gasteiger partial charge >= 0.3 is 5.97 Å². The Morgan fingerprint density at radius 2 is 1.88 bits per heavy atom. The first kappa shape index (κ1) is 18.7. The number of sulfonamides is 1. The molecule has 1 fully saturated rings. The third-order valence-corrected chi connectivity index (χ3v) is 5.81. The normalized spacial score (nSPS) is 16.8. The Labute approximate surface area is 143 Å². The van der Waals surface area contributed by atoms with Crippen molar-refractivity contribution in [3.63, 3.8) is 0 Å². The molecule has 134 valence electrons. The summed E-state index contributed by atoms with van der Waals surface area (Å²) in [7, 11) is -0.429. The fourth-order valence-electron chi connectivity index (χ4n) is 2.45. The van der Waals surface area contributed by atoms with Gasteiger partial charge in [-0.25, -0.2) is 13.2 Å². The highest BCUT2D eigenvalue weighted by molar-refractivity contribution is 7.89. The van der Waals surface area contributed by atoms with Crippen LogP contribution in [0, 0.1) is 0 Å². The van der Waals surface area contributed by atoms with Crippen LogP contribution in [0.15, 0.2) is 23.1 Å². The van der Waals surface area contributed by atoms with Crippen LogP contribution in [0.5, 0.6) is 5.75 Å². The van der Waals surface area contributed by atoms with Crippen LogP contribution in [0.1, 0.15) is 23.7 Å². The van der Waals surface area contributed by atoms with Gasteiger partial charge in [-0.05, 0) is 31.7 Å². The molecule has 0 aromatic heterocycles. The summed E-state index contributed by atoms with van der Waals surface area (Å²) in [5.41, 5.74) is 0.126. The molecule has 1 aliphatic rings. The van der Waals surface area contributed by atoms with Gasteiger partial charge in [-0.2, -0.15) is 4.31 Å². The Hall–Kier alpha value is -1.64. The lowest BCUT2D eigenvalue weighted by Crippen LogP contribution is -2.47. The standard InChI is InChI=1S/C16H24N2O5S/c1-4-11-23-15-6-5-13(12-14(15)16(19)22-3)24(20,21)18-9-7-17(2)8-10-18/h5-6,12H,4,7-11H2,1-3H3. The molecule has 1 heterocycles. The molecule has 2 rings (SSSR count). The van der Waals surface area contributed by atoms with E-state index in [0.29, 0.717) is 38.5 Å². The number of carbonyl (C=O) groups excluding carboxylic acids is 1. The Balaban J connectivity index is 2.34. The van der Waals surface area contributed by atoms with Crippen molar-refractivity contribution in [2.24, 2.45) is 0 Å². The van der Waals surface area contributed by atoms with Crippen LogP contribution in [0.25, 0.3) is 0 Å². The monoisotopic (exact) mass is 356 g/mol. The van der Waals surface area contributed by atoms with Crippen LogP contribution in [0.4, 0.5) is 0 Å². The highest BCUT2D eigenvalue weighted by Gasteiger charge is 2.29. The zero-order chi connectivity index (χ0) is 17.7. The molecule has 0 aliphatic carbocycles. The molecule has 1 aliphatic heterocycles. The van der Waals surface area contributed by atoms with Gasteiger partial charge in [0, 0.05) is 26.2 Å². The minimum absolute atomic E-state index is 0.0799. The van der Waals surface area contributed by atoms with E-state index in [-0.39, 0.29) is 10.5 Å². The van der Waals surface area contributed by atoms with Crippen molar-refractivity contribution in [2.75, 3.05) is 46.9 Å². The lowest BCUT2D eigenvalue weighted by Gasteiger charge is -2.31. The van der Waals surface area contributed by atoms with Crippen molar-refractivity contribution < 1.29 is 22.7 Å². The molecule has 8 heteroatoms. The fourth-order valence-corrected chi connectivity index (χ4v) is 3.90. The molecule has 0 unspecified atom stereocenters. The minimum Gasteiger partial charge on any atom is -0.493 e. The minimum atomic E-state index is -3.64. The average Bonchev–Trinajstić information content (AvgIpc) is 2.59. The Kier molecular flexibility index (Phi) is 6.20. The smallest absolute Gasteiger partial charge is 0.341 e. The third-order valence-electron chi connectivity index (χ3n) is 3.92. The molecule has 7 nitrogen and oxygen atoms in total. The fraction of sp³-hybridized carbons (Fsp3) is 0.562. The van der Waals surface area contributed by atoms with E-state index in [0.717, 1.165) is 6.42 Å². The second-order valence-corrected chi connectivity index (χ2v) is 7.64. The molecule has 0 atom stereocenters. The summed E-state index contributed by atoms with van der Waals surface area (Å²) in [5.74, 6) is -0.280. The van der Waals surface area contributed by atoms with Crippen LogP contribution in [-0.4, -0.2) is 70.5 Å². The molecule has 24 heavy (non-hydrogen) atoms. The van der Waals surface area contributed by atoms with Crippen LogP contribution >= 0.6 is 0 Å². The number of carbonyl (C=O) groups is 1. The summed E-state index contributed by atoms with van der Waals surface area (Å²) >= 11 is 0. The number of rotatable bonds is 6. The number of methoxy groups -OCH3 is 1. The second kappa shape index (κ2) is 7.96. The van der Waals surface area contributed by atoms with Crippen LogP contribution in [0.2, 0.25) is 0 Å². The number of nitrogens with zero attached hydrogens (tertiary/aromatic N) is 2. The van der Waals surface area contributed by atoms with Gasteiger partial charge in [0.1, 0.15) is 11.3 Å². The molecule has 0 bridgehead atoms. The second-order valence-electron chi connectivity index (χ2n) is 5.71. The SMILES string of the molecule is CCCOc1ccc(S(=O)(=O)N2CCN(C)CC2)cc1C(=O)OC. The number of likely N-dealkylation sites (N-methyl/N-ethyl adjacent to an activating group) is 1. The van der Waals surface area contributed by atoms with Crippen molar-refractivity contribution in [3.8, 4) is 5.75 Å². The number of hydrogen-bond acceptors (Lipinski definition) is 6. The lowest BCUT2D eigenvalue weighted by atomic mass is 10.2. The number of esters is 1. The van der Waals surface area contributed by atoms with E-state index in [1.807, 2.05) is 14.0 Å². The van der Waals surface area contributed by atoms with Crippen molar-refractivity contribution in [2.45, 2.75) is 18.2 Å². The summed E-state index contributed by atoms with van der Waals surface area (Å²) < 4.78 is 37.3. The van der Waals surface area contributed by atoms with Crippen LogP contribution in [0.3, 0.4) is 0 Å². The summed E-state index contributed by atoms with van der Waals surface area (Å²) in [6.07, 6.45) is 0.780. The predicted molar refractivity (Wildman–Crippen MR) is 89.8 cm³/mol. The maximum Gasteiger partial charge on any atom is 0.341 e. The molecular formula is C16H24N2O5S. The lowest BCUT2D eigenvalue weighted by molar-refractivity contribution is 0.0595. The van der Waals surface area contributed by atoms with Gasteiger partial charge in [-0.15, -0.1) is 0 Å². The van der Waals surface area contributed by atoms with Crippen LogP contribution in [-0.2, 0) is 14.8 Å². The number of benzene rings is 1. The number of ether oxygens (including phenoxy) is 2. The maximum atomic E-state index is 12.8. The van der Waals surface area contributed by atoms with Gasteiger partial charge in [0.05, 0.1) is 18.6 Å².